The van der Waals surface area contributed by atoms with Gasteiger partial charge in [-0.05, 0) is 25.3 Å². The summed E-state index contributed by atoms with van der Waals surface area (Å²) in [7, 11) is 0. The van der Waals surface area contributed by atoms with Crippen molar-refractivity contribution >= 4 is 11.6 Å². The second-order valence-corrected chi connectivity index (χ2v) is 4.97. The normalized spacial score (nSPS) is 26.1. The lowest BCUT2D eigenvalue weighted by molar-refractivity contribution is -0.0445. The van der Waals surface area contributed by atoms with Crippen LogP contribution in [0.1, 0.15) is 29.6 Å². The lowest BCUT2D eigenvalue weighted by Crippen LogP contribution is -2.51. The number of ether oxygens (including phenoxy) is 1. The summed E-state index contributed by atoms with van der Waals surface area (Å²) in [5.41, 5.74) is 3.67. The molecule has 2 fully saturated rings. The molecule has 1 aromatic heterocycles. The zero-order chi connectivity index (χ0) is 13.2. The fraction of sp³-hybridized carbons (Fsp3) is 0.538. The monoisotopic (exact) mass is 262 g/mol. The Morgan fingerprint density at radius 1 is 1.53 bits per heavy atom. The molecule has 0 radical (unpaired) electrons. The van der Waals surface area contributed by atoms with Crippen LogP contribution < -0.4 is 11.3 Å². The highest BCUT2D eigenvalue weighted by Gasteiger charge is 2.39. The minimum absolute atomic E-state index is 0.00977. The van der Waals surface area contributed by atoms with E-state index in [9.17, 15) is 4.79 Å². The molecule has 6 heteroatoms. The summed E-state index contributed by atoms with van der Waals surface area (Å²) in [4.78, 5) is 18.6. The summed E-state index contributed by atoms with van der Waals surface area (Å²) in [5.74, 6) is 5.45. The Balaban J connectivity index is 1.86. The molecular weight excluding hydrogens is 244 g/mol. The van der Waals surface area contributed by atoms with Crippen molar-refractivity contribution in [2.45, 2.75) is 31.4 Å². The number of nitrogens with one attached hydrogen (secondary N) is 1. The smallest absolute Gasteiger partial charge is 0.256 e. The second kappa shape index (κ2) is 5.14. The first-order chi connectivity index (χ1) is 9.31. The van der Waals surface area contributed by atoms with E-state index in [-0.39, 0.29) is 18.1 Å². The van der Waals surface area contributed by atoms with Crippen LogP contribution in [0.4, 0.5) is 5.69 Å². The SMILES string of the molecule is NNc1cnccc1C(=O)N1CCOC2CCCC21. The fourth-order valence-corrected chi connectivity index (χ4v) is 3.03. The van der Waals surface area contributed by atoms with Crippen molar-refractivity contribution in [2.75, 3.05) is 18.6 Å². The third-order valence-corrected chi connectivity index (χ3v) is 3.95. The number of hydrogen-bond acceptors (Lipinski definition) is 5. The van der Waals surface area contributed by atoms with E-state index in [4.69, 9.17) is 10.6 Å². The van der Waals surface area contributed by atoms with Crippen LogP contribution in [0.25, 0.3) is 0 Å². The molecule has 0 aromatic carbocycles. The summed E-state index contributed by atoms with van der Waals surface area (Å²) >= 11 is 0. The first-order valence-electron chi connectivity index (χ1n) is 6.64. The Kier molecular flexibility index (Phi) is 3.35. The number of carbonyl (C=O) groups is 1. The van der Waals surface area contributed by atoms with E-state index in [0.717, 1.165) is 19.3 Å². The van der Waals surface area contributed by atoms with Crippen LogP contribution >= 0.6 is 0 Å². The van der Waals surface area contributed by atoms with Gasteiger partial charge in [-0.3, -0.25) is 15.6 Å². The van der Waals surface area contributed by atoms with E-state index in [2.05, 4.69) is 10.4 Å². The van der Waals surface area contributed by atoms with Gasteiger partial charge < -0.3 is 15.1 Å². The third kappa shape index (κ3) is 2.17. The quantitative estimate of drug-likeness (QED) is 0.607. The van der Waals surface area contributed by atoms with Crippen molar-refractivity contribution in [1.29, 1.82) is 0 Å². The van der Waals surface area contributed by atoms with Crippen LogP contribution in [0.15, 0.2) is 18.5 Å². The van der Waals surface area contributed by atoms with E-state index >= 15 is 0 Å². The topological polar surface area (TPSA) is 80.5 Å². The molecule has 2 atom stereocenters. The predicted molar refractivity (Wildman–Crippen MR) is 70.5 cm³/mol. The Morgan fingerprint density at radius 2 is 2.42 bits per heavy atom. The molecule has 1 aromatic rings. The molecule has 1 aliphatic heterocycles. The van der Waals surface area contributed by atoms with Gasteiger partial charge in [-0.25, -0.2) is 0 Å². The van der Waals surface area contributed by atoms with E-state index in [1.165, 1.54) is 0 Å². The van der Waals surface area contributed by atoms with Crippen molar-refractivity contribution in [3.63, 3.8) is 0 Å². The number of hydrazine groups is 1. The van der Waals surface area contributed by atoms with E-state index in [1.807, 2.05) is 4.90 Å². The standard InChI is InChI=1S/C13H18N4O2/c14-16-10-8-15-5-4-9(10)13(18)17-6-7-19-12-3-1-2-11(12)17/h4-5,8,11-12,16H,1-3,6-7,14H2. The van der Waals surface area contributed by atoms with Gasteiger partial charge in [0, 0.05) is 12.7 Å². The number of aromatic nitrogens is 1. The van der Waals surface area contributed by atoms with Gasteiger partial charge in [0.2, 0.25) is 0 Å². The third-order valence-electron chi connectivity index (χ3n) is 3.95. The first kappa shape index (κ1) is 12.4. The van der Waals surface area contributed by atoms with Gasteiger partial charge in [-0.2, -0.15) is 0 Å². The van der Waals surface area contributed by atoms with Crippen LogP contribution in [0.3, 0.4) is 0 Å². The lowest BCUT2D eigenvalue weighted by atomic mass is 10.1. The van der Waals surface area contributed by atoms with Crippen molar-refractivity contribution in [2.24, 2.45) is 5.84 Å². The molecule has 102 valence electrons. The Bertz CT molecular complexity index is 479. The Hall–Kier alpha value is -1.66. The highest BCUT2D eigenvalue weighted by Crippen LogP contribution is 2.31. The average Bonchev–Trinajstić information content (AvgIpc) is 2.94. The molecule has 2 unspecified atom stereocenters. The van der Waals surface area contributed by atoms with Gasteiger partial charge in [-0.15, -0.1) is 0 Å². The lowest BCUT2D eigenvalue weighted by Gasteiger charge is -2.37. The first-order valence-corrected chi connectivity index (χ1v) is 6.64. The minimum atomic E-state index is 0.00977. The van der Waals surface area contributed by atoms with Crippen molar-refractivity contribution in [3.8, 4) is 0 Å². The predicted octanol–water partition coefficient (Wildman–Crippen LogP) is 0.761. The summed E-state index contributed by atoms with van der Waals surface area (Å²) in [5, 5.41) is 0. The number of pyridine rings is 1. The molecule has 3 N–H and O–H groups in total. The summed E-state index contributed by atoms with van der Waals surface area (Å²) in [6.45, 7) is 1.26. The number of hydrogen-bond donors (Lipinski definition) is 2. The summed E-state index contributed by atoms with van der Waals surface area (Å²) in [6.07, 6.45) is 6.58. The van der Waals surface area contributed by atoms with Crippen molar-refractivity contribution < 1.29 is 9.53 Å². The molecule has 0 spiro atoms. The molecule has 0 bridgehead atoms. The highest BCUT2D eigenvalue weighted by molar-refractivity contribution is 5.99. The van der Waals surface area contributed by atoms with Crippen LogP contribution in [0.2, 0.25) is 0 Å². The largest absolute Gasteiger partial charge is 0.374 e. The molecule has 19 heavy (non-hydrogen) atoms. The second-order valence-electron chi connectivity index (χ2n) is 4.97. The van der Waals surface area contributed by atoms with Gasteiger partial charge in [-0.1, -0.05) is 0 Å². The molecule has 2 aliphatic rings. The number of rotatable bonds is 2. The van der Waals surface area contributed by atoms with E-state index < -0.39 is 0 Å². The average molecular weight is 262 g/mol. The highest BCUT2D eigenvalue weighted by atomic mass is 16.5. The number of amides is 1. The van der Waals surface area contributed by atoms with Crippen LogP contribution in [-0.2, 0) is 4.74 Å². The maximum atomic E-state index is 12.7. The molecule has 1 amide bonds. The maximum absolute atomic E-state index is 12.7. The van der Waals surface area contributed by atoms with Gasteiger partial charge in [0.25, 0.3) is 5.91 Å². The molecule has 1 saturated heterocycles. The molecule has 1 saturated carbocycles. The van der Waals surface area contributed by atoms with Crippen LogP contribution in [0.5, 0.6) is 0 Å². The zero-order valence-corrected chi connectivity index (χ0v) is 10.7. The number of carbonyl (C=O) groups excluding carboxylic acids is 1. The molecule has 1 aliphatic carbocycles. The van der Waals surface area contributed by atoms with Crippen LogP contribution in [-0.4, -0.2) is 41.1 Å². The summed E-state index contributed by atoms with van der Waals surface area (Å²) in [6, 6.07) is 1.91. The number of anilines is 1. The number of fused-ring (bicyclic) bond motifs is 1. The molecule has 2 heterocycles. The van der Waals surface area contributed by atoms with Gasteiger partial charge >= 0.3 is 0 Å². The molecular formula is C13H18N4O2. The van der Waals surface area contributed by atoms with Crippen LogP contribution in [0, 0.1) is 0 Å². The zero-order valence-electron chi connectivity index (χ0n) is 10.7. The Labute approximate surface area is 111 Å². The summed E-state index contributed by atoms with van der Waals surface area (Å²) < 4.78 is 5.73. The fourth-order valence-electron chi connectivity index (χ4n) is 3.03. The van der Waals surface area contributed by atoms with Gasteiger partial charge in [0.05, 0.1) is 36.2 Å². The van der Waals surface area contributed by atoms with Crippen molar-refractivity contribution in [1.82, 2.24) is 9.88 Å². The van der Waals surface area contributed by atoms with Gasteiger partial charge in [0.1, 0.15) is 0 Å². The number of nitrogen functional groups attached to an aromatic ring is 1. The number of nitrogens with two attached hydrogens (primary N) is 1. The number of morpholine rings is 1. The molecule has 6 nitrogen and oxygen atoms in total. The van der Waals surface area contributed by atoms with E-state index in [1.54, 1.807) is 18.5 Å². The Morgan fingerprint density at radius 3 is 3.26 bits per heavy atom. The minimum Gasteiger partial charge on any atom is -0.374 e. The maximum Gasteiger partial charge on any atom is 0.256 e. The van der Waals surface area contributed by atoms with Crippen molar-refractivity contribution in [3.05, 3.63) is 24.0 Å². The molecule has 3 rings (SSSR count). The van der Waals surface area contributed by atoms with Gasteiger partial charge in [0.15, 0.2) is 0 Å². The van der Waals surface area contributed by atoms with E-state index in [0.29, 0.717) is 24.4 Å². The number of nitrogens with zero attached hydrogens (tertiary/aromatic N) is 2.